The lowest BCUT2D eigenvalue weighted by Gasteiger charge is -2.10. The van der Waals surface area contributed by atoms with Gasteiger partial charge in [-0.15, -0.1) is 0 Å². The molecule has 2 aromatic carbocycles. The van der Waals surface area contributed by atoms with E-state index in [0.29, 0.717) is 33.5 Å². The first-order chi connectivity index (χ1) is 11.5. The van der Waals surface area contributed by atoms with Crippen molar-refractivity contribution in [2.45, 2.75) is 0 Å². The highest BCUT2D eigenvalue weighted by molar-refractivity contribution is 6.28. The number of nitro benzene ring substituents is 1. The Hall–Kier alpha value is -2.93. The van der Waals surface area contributed by atoms with Crippen molar-refractivity contribution in [3.8, 4) is 22.6 Å². The number of aromatic nitrogens is 2. The van der Waals surface area contributed by atoms with Gasteiger partial charge in [-0.1, -0.05) is 0 Å². The van der Waals surface area contributed by atoms with Crippen LogP contribution in [-0.2, 0) is 0 Å². The molecule has 0 radical (unpaired) electrons. The van der Waals surface area contributed by atoms with Gasteiger partial charge in [0.05, 0.1) is 30.2 Å². The number of nitro groups is 1. The minimum atomic E-state index is -0.462. The van der Waals surface area contributed by atoms with Crippen LogP contribution >= 0.6 is 11.6 Å². The molecule has 0 saturated heterocycles. The number of rotatable bonds is 4. The zero-order chi connectivity index (χ0) is 17.3. The second-order valence-corrected chi connectivity index (χ2v) is 5.26. The number of nitrogens with zero attached hydrogens (tertiary/aromatic N) is 3. The van der Waals surface area contributed by atoms with E-state index in [9.17, 15) is 10.1 Å². The Bertz CT molecular complexity index is 924. The Morgan fingerprint density at radius 3 is 2.33 bits per heavy atom. The van der Waals surface area contributed by atoms with E-state index in [1.807, 2.05) is 0 Å². The molecule has 0 bridgehead atoms. The normalized spacial score (nSPS) is 10.6. The van der Waals surface area contributed by atoms with Crippen molar-refractivity contribution in [1.82, 2.24) is 9.97 Å². The lowest BCUT2D eigenvalue weighted by molar-refractivity contribution is -0.384. The summed E-state index contributed by atoms with van der Waals surface area (Å²) in [5, 5.41) is 12.2. The summed E-state index contributed by atoms with van der Waals surface area (Å²) in [5.74, 6) is 1.07. The molecule has 3 aromatic rings. The molecule has 0 aliphatic rings. The number of ether oxygens (including phenoxy) is 2. The quantitative estimate of drug-likeness (QED) is 0.405. The Labute approximate surface area is 142 Å². The fourth-order valence-corrected chi connectivity index (χ4v) is 2.53. The van der Waals surface area contributed by atoms with Gasteiger partial charge in [0.2, 0.25) is 5.28 Å². The van der Waals surface area contributed by atoms with Crippen LogP contribution in [0.5, 0.6) is 11.5 Å². The van der Waals surface area contributed by atoms with E-state index in [1.165, 1.54) is 26.5 Å². The maximum absolute atomic E-state index is 11.5. The van der Waals surface area contributed by atoms with Crippen LogP contribution in [0, 0.1) is 10.1 Å². The predicted molar refractivity (Wildman–Crippen MR) is 89.7 cm³/mol. The van der Waals surface area contributed by atoms with Crippen molar-refractivity contribution in [2.75, 3.05) is 14.2 Å². The molecule has 0 spiro atoms. The average Bonchev–Trinajstić information content (AvgIpc) is 2.59. The van der Waals surface area contributed by atoms with Crippen LogP contribution in [0.1, 0.15) is 0 Å². The Morgan fingerprint density at radius 2 is 1.75 bits per heavy atom. The van der Waals surface area contributed by atoms with Crippen LogP contribution in [0.3, 0.4) is 0 Å². The van der Waals surface area contributed by atoms with Gasteiger partial charge < -0.3 is 9.47 Å². The van der Waals surface area contributed by atoms with Crippen molar-refractivity contribution in [2.24, 2.45) is 0 Å². The van der Waals surface area contributed by atoms with Crippen molar-refractivity contribution >= 4 is 28.2 Å². The third-order valence-electron chi connectivity index (χ3n) is 3.53. The molecule has 0 atom stereocenters. The summed E-state index contributed by atoms with van der Waals surface area (Å²) in [6.45, 7) is 0. The summed E-state index contributed by atoms with van der Waals surface area (Å²) in [4.78, 5) is 19.0. The van der Waals surface area contributed by atoms with E-state index in [-0.39, 0.29) is 11.0 Å². The molecule has 0 amide bonds. The second kappa shape index (κ2) is 6.29. The van der Waals surface area contributed by atoms with Crippen LogP contribution in [0.15, 0.2) is 36.5 Å². The molecule has 7 nitrogen and oxygen atoms in total. The summed E-state index contributed by atoms with van der Waals surface area (Å²) >= 11 is 5.76. The predicted octanol–water partition coefficient (Wildman–Crippen LogP) is 3.88. The maximum Gasteiger partial charge on any atom is 0.279 e. The van der Waals surface area contributed by atoms with Crippen molar-refractivity contribution in [3.05, 3.63) is 51.9 Å². The Balaban J connectivity index is 2.30. The summed E-state index contributed by atoms with van der Waals surface area (Å²) in [7, 11) is 3.03. The smallest absolute Gasteiger partial charge is 0.279 e. The fraction of sp³-hybridized carbons (Fsp3) is 0.125. The molecule has 3 rings (SSSR count). The molecule has 0 unspecified atom stereocenters. The lowest BCUT2D eigenvalue weighted by Crippen LogP contribution is -1.95. The number of hydrogen-bond donors (Lipinski definition) is 0. The zero-order valence-electron chi connectivity index (χ0n) is 12.8. The average molecular weight is 346 g/mol. The summed E-state index contributed by atoms with van der Waals surface area (Å²) < 4.78 is 10.5. The molecule has 122 valence electrons. The van der Waals surface area contributed by atoms with Crippen LogP contribution < -0.4 is 9.47 Å². The van der Waals surface area contributed by atoms with Crippen molar-refractivity contribution < 1.29 is 14.4 Å². The zero-order valence-corrected chi connectivity index (χ0v) is 13.6. The van der Waals surface area contributed by atoms with Gasteiger partial charge in [-0.25, -0.2) is 9.97 Å². The molecule has 1 aromatic heterocycles. The first-order valence-electron chi connectivity index (χ1n) is 6.86. The van der Waals surface area contributed by atoms with Crippen molar-refractivity contribution in [1.29, 1.82) is 0 Å². The molecule has 0 saturated carbocycles. The minimum Gasteiger partial charge on any atom is -0.497 e. The van der Waals surface area contributed by atoms with Gasteiger partial charge in [-0.05, 0) is 35.4 Å². The summed E-state index contributed by atoms with van der Waals surface area (Å²) in [5.41, 5.74) is 1.32. The number of benzene rings is 2. The van der Waals surface area contributed by atoms with E-state index < -0.39 is 4.92 Å². The molecule has 0 fully saturated rings. The second-order valence-electron chi connectivity index (χ2n) is 4.93. The molecular formula is C16H12ClN3O4. The Morgan fingerprint density at radius 1 is 1.08 bits per heavy atom. The highest BCUT2D eigenvalue weighted by Crippen LogP contribution is 2.37. The lowest BCUT2D eigenvalue weighted by atomic mass is 10.0. The largest absolute Gasteiger partial charge is 0.497 e. The van der Waals surface area contributed by atoms with Gasteiger partial charge in [0, 0.05) is 23.7 Å². The standard InChI is InChI=1S/C16H12ClN3O4/c1-23-11-3-9(4-12(6-11)24-2)13-5-10-8-18-16(17)19-14(10)7-15(13)20(21)22/h3-8H,1-2H3. The van der Waals surface area contributed by atoms with E-state index in [0.717, 1.165) is 0 Å². The fourth-order valence-electron chi connectivity index (χ4n) is 2.39. The van der Waals surface area contributed by atoms with Crippen LogP contribution in [0.4, 0.5) is 5.69 Å². The number of hydrogen-bond acceptors (Lipinski definition) is 6. The van der Waals surface area contributed by atoms with Gasteiger partial charge in [0.1, 0.15) is 11.5 Å². The first-order valence-corrected chi connectivity index (χ1v) is 7.23. The van der Waals surface area contributed by atoms with Crippen LogP contribution in [0.25, 0.3) is 22.0 Å². The third kappa shape index (κ3) is 2.93. The van der Waals surface area contributed by atoms with Gasteiger partial charge >= 0.3 is 0 Å². The van der Waals surface area contributed by atoms with E-state index in [4.69, 9.17) is 21.1 Å². The minimum absolute atomic E-state index is 0.0348. The van der Waals surface area contributed by atoms with Crippen molar-refractivity contribution in [3.63, 3.8) is 0 Å². The monoisotopic (exact) mass is 345 g/mol. The number of methoxy groups -OCH3 is 2. The molecular weight excluding hydrogens is 334 g/mol. The Kier molecular flexibility index (Phi) is 4.18. The van der Waals surface area contributed by atoms with Gasteiger partial charge in [0.25, 0.3) is 5.69 Å². The van der Waals surface area contributed by atoms with Crippen LogP contribution in [-0.4, -0.2) is 29.1 Å². The van der Waals surface area contributed by atoms with E-state index >= 15 is 0 Å². The summed E-state index contributed by atoms with van der Waals surface area (Å²) in [6, 6.07) is 8.13. The highest BCUT2D eigenvalue weighted by Gasteiger charge is 2.19. The molecule has 0 aliphatic heterocycles. The van der Waals surface area contributed by atoms with Gasteiger partial charge in [-0.2, -0.15) is 0 Å². The molecule has 0 N–H and O–H groups in total. The molecule has 24 heavy (non-hydrogen) atoms. The SMILES string of the molecule is COc1cc(OC)cc(-c2cc3cnc(Cl)nc3cc2[N+](=O)[O-])c1. The third-order valence-corrected chi connectivity index (χ3v) is 3.71. The summed E-state index contributed by atoms with van der Waals surface area (Å²) in [6.07, 6.45) is 1.52. The highest BCUT2D eigenvalue weighted by atomic mass is 35.5. The van der Waals surface area contributed by atoms with Gasteiger partial charge in [-0.3, -0.25) is 10.1 Å². The number of fused-ring (bicyclic) bond motifs is 1. The topological polar surface area (TPSA) is 87.4 Å². The first kappa shape index (κ1) is 15.9. The maximum atomic E-state index is 11.5. The number of halogens is 1. The molecule has 1 heterocycles. The van der Waals surface area contributed by atoms with E-state index in [1.54, 1.807) is 24.3 Å². The molecule has 8 heteroatoms. The van der Waals surface area contributed by atoms with Crippen LogP contribution in [0.2, 0.25) is 5.28 Å². The van der Waals surface area contributed by atoms with Gasteiger partial charge in [0.15, 0.2) is 0 Å². The van der Waals surface area contributed by atoms with E-state index in [2.05, 4.69) is 9.97 Å². The molecule has 0 aliphatic carbocycles.